The normalized spacial score (nSPS) is 19.7. The lowest BCUT2D eigenvalue weighted by Gasteiger charge is -2.38. The molecule has 3 unspecified atom stereocenters. The van der Waals surface area contributed by atoms with Crippen molar-refractivity contribution < 1.29 is 33.4 Å². The van der Waals surface area contributed by atoms with Crippen molar-refractivity contribution in [3.8, 4) is 11.1 Å². The Labute approximate surface area is 368 Å². The number of aryl methyl sites for hydroxylation is 1. The largest absolute Gasteiger partial charge is 0.444 e. The third-order valence-electron chi connectivity index (χ3n) is 11.7. The van der Waals surface area contributed by atoms with Crippen LogP contribution in [0.4, 0.5) is 15.3 Å². The number of rotatable bonds is 11. The fourth-order valence-electron chi connectivity index (χ4n) is 8.36. The molecule has 15 heteroatoms. The van der Waals surface area contributed by atoms with E-state index in [-0.39, 0.29) is 53.8 Å². The Bertz CT molecular complexity index is 2350. The van der Waals surface area contributed by atoms with Crippen LogP contribution in [0.1, 0.15) is 108 Å². The lowest BCUT2D eigenvalue weighted by atomic mass is 9.81. The number of amides is 5. The number of aromatic nitrogens is 2. The summed E-state index contributed by atoms with van der Waals surface area (Å²) in [6, 6.07) is 17.3. The number of carbonyl (C=O) groups excluding carboxylic acids is 5. The van der Waals surface area contributed by atoms with Crippen LogP contribution in [0.3, 0.4) is 0 Å². The zero-order valence-corrected chi connectivity index (χ0v) is 37.7. The van der Waals surface area contributed by atoms with Crippen molar-refractivity contribution in [1.82, 2.24) is 31.0 Å². The van der Waals surface area contributed by atoms with Gasteiger partial charge in [0, 0.05) is 48.8 Å². The van der Waals surface area contributed by atoms with Gasteiger partial charge in [-0.1, -0.05) is 30.3 Å². The van der Waals surface area contributed by atoms with Crippen LogP contribution in [-0.4, -0.2) is 87.4 Å². The Morgan fingerprint density at radius 3 is 2.19 bits per heavy atom. The fourth-order valence-corrected chi connectivity index (χ4v) is 8.36. The molecule has 4 aromatic rings. The van der Waals surface area contributed by atoms with Crippen molar-refractivity contribution in [2.45, 2.75) is 130 Å². The molecule has 3 atom stereocenters. The Kier molecular flexibility index (Phi) is 14.4. The molecule has 63 heavy (non-hydrogen) atoms. The van der Waals surface area contributed by atoms with Gasteiger partial charge in [0.2, 0.25) is 11.8 Å². The van der Waals surface area contributed by atoms with E-state index in [0.717, 1.165) is 35.1 Å². The number of piperidine rings is 1. The molecule has 1 saturated heterocycles. The number of nitrogens with one attached hydrogen (secondary N) is 6. The first-order valence-electron chi connectivity index (χ1n) is 22.0. The zero-order valence-electron chi connectivity index (χ0n) is 37.7. The molecule has 0 radical (unpaired) electrons. The standard InChI is InChI=1S/C48H63N7O8/c1-28-23-34(42(57)50-36-21-22-55(29(2)24-36)46(61)63-48(6,7)8)17-19-37(28)32-13-9-30(10-14-32)25-40(44(59)51-35-18-20-38-39(26-35)53-54-43(38)58)52-41(56)33-15-11-31(12-16-33)27-49-45(60)62-47(3,4)5/h9-10,13-14,17-20,23,26,29,31,33,36,40H,11-12,15-16,21-22,24-25,27H2,1-8H3,(H,49,60)(H,50,57)(H,51,59)(H,52,56)(H2,53,54,58). The summed E-state index contributed by atoms with van der Waals surface area (Å²) in [6.45, 7) is 15.9. The average Bonchev–Trinajstić information content (AvgIpc) is 3.58. The summed E-state index contributed by atoms with van der Waals surface area (Å²) in [4.78, 5) is 79.7. The van der Waals surface area contributed by atoms with Gasteiger partial charge < -0.3 is 35.6 Å². The molecule has 0 bridgehead atoms. The number of aromatic amines is 2. The molecule has 1 aromatic heterocycles. The van der Waals surface area contributed by atoms with E-state index in [0.29, 0.717) is 60.9 Å². The maximum Gasteiger partial charge on any atom is 0.410 e. The van der Waals surface area contributed by atoms with Crippen LogP contribution in [0.2, 0.25) is 0 Å². The average molecular weight is 866 g/mol. The van der Waals surface area contributed by atoms with Crippen molar-refractivity contribution >= 4 is 46.5 Å². The Balaban J connectivity index is 1.08. The number of fused-ring (bicyclic) bond motifs is 1. The fraction of sp³-hybridized carbons (Fsp3) is 0.500. The molecule has 6 rings (SSSR count). The second kappa shape index (κ2) is 19.5. The Hall–Kier alpha value is -6.12. The number of likely N-dealkylation sites (tertiary alicyclic amines) is 1. The lowest BCUT2D eigenvalue weighted by molar-refractivity contribution is -0.130. The molecule has 1 aliphatic heterocycles. The van der Waals surface area contributed by atoms with Crippen molar-refractivity contribution in [3.05, 3.63) is 87.7 Å². The molecular formula is C48H63N7O8. The van der Waals surface area contributed by atoms with E-state index < -0.39 is 29.2 Å². The molecular weight excluding hydrogens is 803 g/mol. The number of benzene rings is 3. The second-order valence-corrected chi connectivity index (χ2v) is 19.1. The van der Waals surface area contributed by atoms with E-state index in [1.54, 1.807) is 23.1 Å². The van der Waals surface area contributed by atoms with Crippen LogP contribution in [0, 0.1) is 18.8 Å². The first-order valence-corrected chi connectivity index (χ1v) is 22.0. The summed E-state index contributed by atoms with van der Waals surface area (Å²) < 4.78 is 10.9. The number of anilines is 1. The molecule has 0 spiro atoms. The zero-order chi connectivity index (χ0) is 45.6. The molecule has 2 aliphatic rings. The van der Waals surface area contributed by atoms with E-state index >= 15 is 0 Å². The smallest absolute Gasteiger partial charge is 0.410 e. The minimum atomic E-state index is -0.900. The van der Waals surface area contributed by atoms with Crippen LogP contribution in [-0.2, 0) is 25.5 Å². The predicted molar refractivity (Wildman–Crippen MR) is 242 cm³/mol. The summed E-state index contributed by atoms with van der Waals surface area (Å²) in [5.41, 5.74) is 3.79. The van der Waals surface area contributed by atoms with Gasteiger partial charge in [0.25, 0.3) is 11.5 Å². The predicted octanol–water partition coefficient (Wildman–Crippen LogP) is 7.35. The van der Waals surface area contributed by atoms with Gasteiger partial charge in [0.05, 0.1) is 10.9 Å². The molecule has 15 nitrogen and oxygen atoms in total. The third kappa shape index (κ3) is 12.7. The summed E-state index contributed by atoms with van der Waals surface area (Å²) >= 11 is 0. The Morgan fingerprint density at radius 2 is 1.54 bits per heavy atom. The highest BCUT2D eigenvalue weighted by Crippen LogP contribution is 2.30. The second-order valence-electron chi connectivity index (χ2n) is 19.1. The number of H-pyrrole nitrogens is 2. The third-order valence-corrected chi connectivity index (χ3v) is 11.7. The molecule has 5 amide bonds. The van der Waals surface area contributed by atoms with Crippen LogP contribution in [0.5, 0.6) is 0 Å². The van der Waals surface area contributed by atoms with Crippen molar-refractivity contribution in [2.24, 2.45) is 11.8 Å². The molecule has 1 aliphatic carbocycles. The van der Waals surface area contributed by atoms with Crippen LogP contribution < -0.4 is 26.8 Å². The van der Waals surface area contributed by atoms with Gasteiger partial charge >= 0.3 is 12.2 Å². The van der Waals surface area contributed by atoms with Gasteiger partial charge in [-0.2, -0.15) is 0 Å². The highest BCUT2D eigenvalue weighted by atomic mass is 16.6. The number of nitrogens with zero attached hydrogens (tertiary/aromatic N) is 1. The van der Waals surface area contributed by atoms with Crippen LogP contribution >= 0.6 is 0 Å². The first-order chi connectivity index (χ1) is 29.7. The molecule has 2 heterocycles. The first kappa shape index (κ1) is 46.4. The molecule has 3 aromatic carbocycles. The molecule has 2 fully saturated rings. The number of ether oxygens (including phenoxy) is 2. The van der Waals surface area contributed by atoms with E-state index in [2.05, 4.69) is 31.5 Å². The molecule has 338 valence electrons. The van der Waals surface area contributed by atoms with Gasteiger partial charge in [-0.25, -0.2) is 9.59 Å². The topological polar surface area (TPSA) is 204 Å². The quantitative estimate of drug-likeness (QED) is 0.0898. The van der Waals surface area contributed by atoms with E-state index in [4.69, 9.17) is 9.47 Å². The summed E-state index contributed by atoms with van der Waals surface area (Å²) in [5, 5.41) is 17.8. The van der Waals surface area contributed by atoms with Crippen molar-refractivity contribution in [2.75, 3.05) is 18.4 Å². The number of carbonyl (C=O) groups is 5. The van der Waals surface area contributed by atoms with Crippen LogP contribution in [0.25, 0.3) is 22.0 Å². The summed E-state index contributed by atoms with van der Waals surface area (Å²) in [6.07, 6.45) is 3.45. The molecule has 1 saturated carbocycles. The van der Waals surface area contributed by atoms with E-state index in [1.807, 2.05) is 97.9 Å². The maximum atomic E-state index is 13.9. The van der Waals surface area contributed by atoms with Gasteiger partial charge in [-0.05, 0) is 152 Å². The number of hydrogen-bond acceptors (Lipinski definition) is 8. The van der Waals surface area contributed by atoms with E-state index in [9.17, 15) is 28.8 Å². The Morgan fingerprint density at radius 1 is 0.841 bits per heavy atom. The SMILES string of the molecule is Cc1cc(C(=O)NC2CCN(C(=O)OC(C)(C)C)C(C)C2)ccc1-c1ccc(CC(NC(=O)C2CCC(CNC(=O)OC(C)(C)C)CC2)C(=O)Nc2ccc3c(=O)[nH][nH]c3c2)cc1. The van der Waals surface area contributed by atoms with Crippen LogP contribution in [0.15, 0.2) is 65.5 Å². The molecule has 6 N–H and O–H groups in total. The highest BCUT2D eigenvalue weighted by molar-refractivity contribution is 5.99. The number of hydrogen-bond donors (Lipinski definition) is 6. The van der Waals surface area contributed by atoms with Gasteiger partial charge in [0.1, 0.15) is 17.2 Å². The van der Waals surface area contributed by atoms with E-state index in [1.165, 1.54) is 0 Å². The summed E-state index contributed by atoms with van der Waals surface area (Å²) in [7, 11) is 0. The minimum absolute atomic E-state index is 0.0717. The minimum Gasteiger partial charge on any atom is -0.444 e. The number of alkyl carbamates (subject to hydrolysis) is 1. The maximum absolute atomic E-state index is 13.9. The van der Waals surface area contributed by atoms with Crippen molar-refractivity contribution in [1.29, 1.82) is 0 Å². The van der Waals surface area contributed by atoms with Gasteiger partial charge in [-0.3, -0.25) is 29.4 Å². The monoisotopic (exact) mass is 865 g/mol. The summed E-state index contributed by atoms with van der Waals surface area (Å²) in [5.74, 6) is -0.824. The lowest BCUT2D eigenvalue weighted by Crippen LogP contribution is -2.52. The highest BCUT2D eigenvalue weighted by Gasteiger charge is 2.33. The van der Waals surface area contributed by atoms with Gasteiger partial charge in [0.15, 0.2) is 0 Å². The van der Waals surface area contributed by atoms with Gasteiger partial charge in [-0.15, -0.1) is 0 Å². The van der Waals surface area contributed by atoms with Crippen molar-refractivity contribution in [3.63, 3.8) is 0 Å².